The van der Waals surface area contributed by atoms with E-state index < -0.39 is 5.41 Å². The number of hydrogen-bond acceptors (Lipinski definition) is 0. The van der Waals surface area contributed by atoms with Gasteiger partial charge in [0.05, 0.1) is 0 Å². The molecule has 2 heteroatoms. The average Bonchev–Trinajstić information content (AvgIpc) is 2.32. The summed E-state index contributed by atoms with van der Waals surface area (Å²) in [7, 11) is 0. The maximum absolute atomic E-state index is 13.8. The molecular weight excluding hydrogens is 230 g/mol. The van der Waals surface area contributed by atoms with Crippen molar-refractivity contribution in [3.05, 3.63) is 71.3 Å². The molecule has 18 heavy (non-hydrogen) atoms. The second kappa shape index (κ2) is 4.89. The lowest BCUT2D eigenvalue weighted by Gasteiger charge is -2.26. The van der Waals surface area contributed by atoms with Crippen molar-refractivity contribution in [3.8, 4) is 0 Å². The van der Waals surface area contributed by atoms with Gasteiger partial charge in [-0.3, -0.25) is 0 Å². The number of benzene rings is 2. The van der Waals surface area contributed by atoms with Gasteiger partial charge in [0.1, 0.15) is 11.6 Å². The molecule has 0 spiro atoms. The first-order valence-corrected chi connectivity index (χ1v) is 5.99. The Hall–Kier alpha value is -1.70. The maximum Gasteiger partial charge on any atom is 0.126 e. The van der Waals surface area contributed by atoms with Crippen LogP contribution in [0.2, 0.25) is 0 Å². The van der Waals surface area contributed by atoms with Crippen molar-refractivity contribution >= 4 is 0 Å². The third-order valence-corrected chi connectivity index (χ3v) is 3.19. The molecule has 0 bridgehead atoms. The van der Waals surface area contributed by atoms with E-state index in [-0.39, 0.29) is 11.6 Å². The van der Waals surface area contributed by atoms with Crippen LogP contribution in [0, 0.1) is 11.6 Å². The van der Waals surface area contributed by atoms with Crippen LogP contribution in [0.3, 0.4) is 0 Å². The van der Waals surface area contributed by atoms with Crippen molar-refractivity contribution in [1.82, 2.24) is 0 Å². The Kier molecular flexibility index (Phi) is 3.46. The van der Waals surface area contributed by atoms with E-state index in [0.29, 0.717) is 17.5 Å². The smallest absolute Gasteiger partial charge is 0.126 e. The monoisotopic (exact) mass is 246 g/mol. The predicted molar refractivity (Wildman–Crippen MR) is 69.5 cm³/mol. The maximum atomic E-state index is 13.8. The molecular formula is C16H16F2. The topological polar surface area (TPSA) is 0 Å². The van der Waals surface area contributed by atoms with E-state index in [0.717, 1.165) is 0 Å². The zero-order valence-corrected chi connectivity index (χ0v) is 10.6. The second-order valence-corrected chi connectivity index (χ2v) is 5.13. The third-order valence-electron chi connectivity index (χ3n) is 3.19. The van der Waals surface area contributed by atoms with E-state index in [9.17, 15) is 8.78 Å². The van der Waals surface area contributed by atoms with E-state index >= 15 is 0 Å². The van der Waals surface area contributed by atoms with Gasteiger partial charge in [-0.05, 0) is 35.1 Å². The van der Waals surface area contributed by atoms with Gasteiger partial charge in [-0.2, -0.15) is 0 Å². The van der Waals surface area contributed by atoms with Gasteiger partial charge in [0, 0.05) is 0 Å². The highest BCUT2D eigenvalue weighted by Gasteiger charge is 2.25. The zero-order chi connectivity index (χ0) is 13.2. The van der Waals surface area contributed by atoms with Crippen molar-refractivity contribution < 1.29 is 8.78 Å². The fourth-order valence-corrected chi connectivity index (χ4v) is 2.22. The molecule has 94 valence electrons. The minimum Gasteiger partial charge on any atom is -0.207 e. The van der Waals surface area contributed by atoms with Gasteiger partial charge < -0.3 is 0 Å². The van der Waals surface area contributed by atoms with Crippen LogP contribution in [0.15, 0.2) is 48.5 Å². The van der Waals surface area contributed by atoms with E-state index in [1.54, 1.807) is 30.3 Å². The zero-order valence-electron chi connectivity index (χ0n) is 10.6. The van der Waals surface area contributed by atoms with Crippen LogP contribution in [-0.4, -0.2) is 0 Å². The molecule has 0 aliphatic heterocycles. The second-order valence-electron chi connectivity index (χ2n) is 5.13. The molecule has 0 heterocycles. The fourth-order valence-electron chi connectivity index (χ4n) is 2.22. The van der Waals surface area contributed by atoms with Crippen LogP contribution < -0.4 is 0 Å². The highest BCUT2D eigenvalue weighted by atomic mass is 19.1. The summed E-state index contributed by atoms with van der Waals surface area (Å²) < 4.78 is 27.4. The Morgan fingerprint density at radius 1 is 0.833 bits per heavy atom. The van der Waals surface area contributed by atoms with E-state index in [2.05, 4.69) is 0 Å². The van der Waals surface area contributed by atoms with Gasteiger partial charge in [0.2, 0.25) is 0 Å². The van der Waals surface area contributed by atoms with Gasteiger partial charge in [0.25, 0.3) is 0 Å². The average molecular weight is 246 g/mol. The highest BCUT2D eigenvalue weighted by Crippen LogP contribution is 2.30. The van der Waals surface area contributed by atoms with E-state index in [4.69, 9.17) is 0 Å². The lowest BCUT2D eigenvalue weighted by Crippen LogP contribution is -2.22. The third kappa shape index (κ3) is 2.58. The SMILES string of the molecule is CC(C)(Cc1ccccc1F)c1ccccc1F. The molecule has 0 unspecified atom stereocenters. The normalized spacial score (nSPS) is 11.6. The van der Waals surface area contributed by atoms with Crippen molar-refractivity contribution in [2.45, 2.75) is 25.7 Å². The fraction of sp³-hybridized carbons (Fsp3) is 0.250. The quantitative estimate of drug-likeness (QED) is 0.748. The van der Waals surface area contributed by atoms with E-state index in [1.165, 1.54) is 12.1 Å². The summed E-state index contributed by atoms with van der Waals surface area (Å²) in [6, 6.07) is 13.3. The summed E-state index contributed by atoms with van der Waals surface area (Å²) in [5.41, 5.74) is 0.798. The standard InChI is InChI=1S/C16H16F2/c1-16(2,13-8-4-6-10-15(13)18)11-12-7-3-5-9-14(12)17/h3-10H,11H2,1-2H3. The van der Waals surface area contributed by atoms with Crippen LogP contribution in [0.5, 0.6) is 0 Å². The summed E-state index contributed by atoms with van der Waals surface area (Å²) in [5, 5.41) is 0. The minimum absolute atomic E-state index is 0.234. The molecule has 0 saturated heterocycles. The Morgan fingerprint density at radius 3 is 2.00 bits per heavy atom. The number of halogens is 2. The molecule has 0 aliphatic rings. The van der Waals surface area contributed by atoms with E-state index in [1.807, 2.05) is 19.9 Å². The lowest BCUT2D eigenvalue weighted by molar-refractivity contribution is 0.469. The molecule has 0 aliphatic carbocycles. The van der Waals surface area contributed by atoms with Crippen LogP contribution >= 0.6 is 0 Å². The largest absolute Gasteiger partial charge is 0.207 e. The van der Waals surface area contributed by atoms with Crippen molar-refractivity contribution in [3.63, 3.8) is 0 Å². The molecule has 0 atom stereocenters. The molecule has 0 aromatic heterocycles. The van der Waals surface area contributed by atoms with Gasteiger partial charge in [-0.1, -0.05) is 50.2 Å². The summed E-state index contributed by atoms with van der Waals surface area (Å²) in [5.74, 6) is -0.472. The van der Waals surface area contributed by atoms with Crippen molar-refractivity contribution in [2.75, 3.05) is 0 Å². The van der Waals surface area contributed by atoms with Gasteiger partial charge in [0.15, 0.2) is 0 Å². The number of rotatable bonds is 3. The van der Waals surface area contributed by atoms with Crippen molar-refractivity contribution in [1.29, 1.82) is 0 Å². The predicted octanol–water partition coefficient (Wildman–Crippen LogP) is 4.49. The summed E-state index contributed by atoms with van der Waals surface area (Å²) in [4.78, 5) is 0. The summed E-state index contributed by atoms with van der Waals surface area (Å²) in [6.45, 7) is 3.86. The van der Waals surface area contributed by atoms with Crippen LogP contribution in [0.25, 0.3) is 0 Å². The first-order valence-electron chi connectivity index (χ1n) is 5.99. The Morgan fingerprint density at radius 2 is 1.39 bits per heavy atom. The Balaban J connectivity index is 2.33. The molecule has 0 radical (unpaired) electrons. The Bertz CT molecular complexity index is 544. The molecule has 0 fully saturated rings. The molecule has 0 nitrogen and oxygen atoms in total. The molecule has 2 aromatic rings. The summed E-state index contributed by atoms with van der Waals surface area (Å²) >= 11 is 0. The number of hydrogen-bond donors (Lipinski definition) is 0. The lowest BCUT2D eigenvalue weighted by atomic mass is 9.79. The van der Waals surface area contributed by atoms with Crippen LogP contribution in [-0.2, 0) is 11.8 Å². The van der Waals surface area contributed by atoms with Crippen LogP contribution in [0.4, 0.5) is 8.78 Å². The molecule has 2 rings (SSSR count). The first-order chi connectivity index (χ1) is 8.50. The highest BCUT2D eigenvalue weighted by molar-refractivity contribution is 5.29. The molecule has 2 aromatic carbocycles. The van der Waals surface area contributed by atoms with Gasteiger partial charge >= 0.3 is 0 Å². The Labute approximate surface area is 106 Å². The minimum atomic E-state index is -0.437. The van der Waals surface area contributed by atoms with Gasteiger partial charge in [-0.15, -0.1) is 0 Å². The van der Waals surface area contributed by atoms with Gasteiger partial charge in [-0.25, -0.2) is 8.78 Å². The first kappa shape index (κ1) is 12.7. The molecule has 0 N–H and O–H groups in total. The molecule has 0 saturated carbocycles. The van der Waals surface area contributed by atoms with Crippen LogP contribution in [0.1, 0.15) is 25.0 Å². The molecule has 0 amide bonds. The van der Waals surface area contributed by atoms with Crippen molar-refractivity contribution in [2.24, 2.45) is 0 Å². The summed E-state index contributed by atoms with van der Waals surface area (Å²) in [6.07, 6.45) is 0.473.